The van der Waals surface area contributed by atoms with Gasteiger partial charge in [-0.05, 0) is 22.4 Å². The normalized spacial score (nSPS) is 27.2. The highest BCUT2D eigenvalue weighted by Crippen LogP contribution is 2.34. The van der Waals surface area contributed by atoms with E-state index in [1.807, 2.05) is 0 Å². The molecule has 2 aromatic heterocycles. The minimum atomic E-state index is -0.0807. The van der Waals surface area contributed by atoms with Crippen molar-refractivity contribution in [2.45, 2.75) is 12.6 Å². The van der Waals surface area contributed by atoms with Crippen LogP contribution in [0.5, 0.6) is 0 Å². The molecule has 7 heteroatoms. The Labute approximate surface area is 143 Å². The van der Waals surface area contributed by atoms with E-state index >= 15 is 0 Å². The maximum absolute atomic E-state index is 12.0. The average molecular weight is 349 g/mol. The number of aromatic nitrogens is 1. The summed E-state index contributed by atoms with van der Waals surface area (Å²) in [5, 5.41) is 9.12. The van der Waals surface area contributed by atoms with E-state index in [-0.39, 0.29) is 5.91 Å². The molecule has 2 aliphatic heterocycles. The number of carbonyl (C=O) groups excluding carboxylic acids is 1. The van der Waals surface area contributed by atoms with Crippen molar-refractivity contribution in [1.29, 1.82) is 0 Å². The number of ether oxygens (including phenoxy) is 1. The second-order valence-corrected chi connectivity index (χ2v) is 7.70. The maximum Gasteiger partial charge on any atom is 0.270 e. The molecular formula is C16H19N3O2S2. The molecule has 1 N–H and O–H groups in total. The third-order valence-corrected chi connectivity index (χ3v) is 6.01. The van der Waals surface area contributed by atoms with Crippen molar-refractivity contribution < 1.29 is 9.53 Å². The number of amides is 1. The number of rotatable bonds is 5. The van der Waals surface area contributed by atoms with Crippen LogP contribution in [0.2, 0.25) is 0 Å². The Hall–Kier alpha value is -1.28. The number of thiazole rings is 1. The van der Waals surface area contributed by atoms with E-state index in [2.05, 4.69) is 32.0 Å². The second-order valence-electron chi connectivity index (χ2n) is 6.21. The fourth-order valence-corrected chi connectivity index (χ4v) is 4.69. The monoisotopic (exact) mass is 349 g/mol. The summed E-state index contributed by atoms with van der Waals surface area (Å²) < 4.78 is 5.96. The smallest absolute Gasteiger partial charge is 0.270 e. The molecule has 0 bridgehead atoms. The van der Waals surface area contributed by atoms with Gasteiger partial charge in [0.1, 0.15) is 5.69 Å². The van der Waals surface area contributed by atoms with Gasteiger partial charge in [-0.3, -0.25) is 9.69 Å². The molecule has 122 valence electrons. The molecular weight excluding hydrogens is 330 g/mol. The van der Waals surface area contributed by atoms with Gasteiger partial charge < -0.3 is 10.1 Å². The van der Waals surface area contributed by atoms with E-state index in [0.717, 1.165) is 26.2 Å². The molecule has 5 nitrogen and oxygen atoms in total. The fraction of sp³-hybridized carbons (Fsp3) is 0.500. The van der Waals surface area contributed by atoms with Gasteiger partial charge in [0.25, 0.3) is 5.91 Å². The number of nitrogens with one attached hydrogen (secondary N) is 1. The third-order valence-electron chi connectivity index (χ3n) is 4.69. The molecule has 4 rings (SSSR count). The Morgan fingerprint density at radius 1 is 1.39 bits per heavy atom. The first-order chi connectivity index (χ1) is 11.3. The molecule has 4 heterocycles. The molecule has 0 unspecified atom stereocenters. The summed E-state index contributed by atoms with van der Waals surface area (Å²) in [7, 11) is 0. The van der Waals surface area contributed by atoms with Crippen molar-refractivity contribution >= 4 is 28.6 Å². The molecule has 3 atom stereocenters. The fourth-order valence-electron chi connectivity index (χ4n) is 3.50. The lowest BCUT2D eigenvalue weighted by molar-refractivity contribution is 0.0901. The zero-order valence-corrected chi connectivity index (χ0v) is 14.3. The molecule has 0 saturated carbocycles. The van der Waals surface area contributed by atoms with Crippen molar-refractivity contribution in [3.63, 3.8) is 0 Å². The highest BCUT2D eigenvalue weighted by Gasteiger charge is 2.43. The minimum Gasteiger partial charge on any atom is -0.376 e. The first-order valence-corrected chi connectivity index (χ1v) is 9.69. The predicted molar refractivity (Wildman–Crippen MR) is 90.8 cm³/mol. The lowest BCUT2D eigenvalue weighted by atomic mass is 9.93. The average Bonchev–Trinajstić information content (AvgIpc) is 3.31. The van der Waals surface area contributed by atoms with Crippen molar-refractivity contribution in [2.24, 2.45) is 11.8 Å². The van der Waals surface area contributed by atoms with Crippen LogP contribution >= 0.6 is 22.7 Å². The topological polar surface area (TPSA) is 54.5 Å². The van der Waals surface area contributed by atoms with Crippen LogP contribution < -0.4 is 5.32 Å². The first kappa shape index (κ1) is 15.3. The van der Waals surface area contributed by atoms with Gasteiger partial charge in [-0.1, -0.05) is 0 Å². The Morgan fingerprint density at radius 3 is 3.13 bits per heavy atom. The third kappa shape index (κ3) is 3.33. The van der Waals surface area contributed by atoms with Gasteiger partial charge in [0.05, 0.1) is 18.2 Å². The summed E-state index contributed by atoms with van der Waals surface area (Å²) in [6, 6.07) is 2.19. The van der Waals surface area contributed by atoms with Gasteiger partial charge in [0, 0.05) is 43.4 Å². The zero-order valence-electron chi connectivity index (χ0n) is 12.7. The van der Waals surface area contributed by atoms with E-state index in [9.17, 15) is 4.79 Å². The van der Waals surface area contributed by atoms with E-state index in [0.29, 0.717) is 30.2 Å². The first-order valence-electron chi connectivity index (χ1n) is 7.81. The Balaban J connectivity index is 1.30. The Bertz CT molecular complexity index is 644. The number of carbonyl (C=O) groups is 1. The van der Waals surface area contributed by atoms with Crippen LogP contribution in [-0.4, -0.2) is 48.1 Å². The van der Waals surface area contributed by atoms with Crippen LogP contribution in [0.4, 0.5) is 0 Å². The number of likely N-dealkylation sites (tertiary alicyclic amines) is 1. The molecule has 2 aromatic rings. The van der Waals surface area contributed by atoms with Crippen molar-refractivity contribution in [3.8, 4) is 0 Å². The van der Waals surface area contributed by atoms with Gasteiger partial charge in [-0.25, -0.2) is 4.98 Å². The van der Waals surface area contributed by atoms with Crippen LogP contribution in [0.3, 0.4) is 0 Å². The number of thiophene rings is 1. The lowest BCUT2D eigenvalue weighted by Gasteiger charge is -2.19. The largest absolute Gasteiger partial charge is 0.376 e. The van der Waals surface area contributed by atoms with Crippen molar-refractivity contribution in [1.82, 2.24) is 15.2 Å². The van der Waals surface area contributed by atoms with Gasteiger partial charge in [0.2, 0.25) is 0 Å². The van der Waals surface area contributed by atoms with Gasteiger partial charge in [-0.2, -0.15) is 11.3 Å². The van der Waals surface area contributed by atoms with Gasteiger partial charge in [-0.15, -0.1) is 11.3 Å². The van der Waals surface area contributed by atoms with Crippen LogP contribution in [0.25, 0.3) is 0 Å². The molecule has 0 aromatic carbocycles. The molecule has 2 aliphatic rings. The number of hydrogen-bond acceptors (Lipinski definition) is 6. The summed E-state index contributed by atoms with van der Waals surface area (Å²) in [5.74, 6) is 0.835. The number of hydrogen-bond donors (Lipinski definition) is 1. The van der Waals surface area contributed by atoms with Crippen LogP contribution in [-0.2, 0) is 11.3 Å². The molecule has 0 aliphatic carbocycles. The van der Waals surface area contributed by atoms with E-state index in [4.69, 9.17) is 4.74 Å². The van der Waals surface area contributed by atoms with E-state index in [1.54, 1.807) is 22.2 Å². The summed E-state index contributed by atoms with van der Waals surface area (Å²) in [6.45, 7) is 4.47. The summed E-state index contributed by atoms with van der Waals surface area (Å²) in [4.78, 5) is 18.5. The zero-order chi connectivity index (χ0) is 15.6. The van der Waals surface area contributed by atoms with E-state index < -0.39 is 0 Å². The summed E-state index contributed by atoms with van der Waals surface area (Å²) in [5.41, 5.74) is 3.57. The Morgan fingerprint density at radius 2 is 2.35 bits per heavy atom. The standard InChI is InChI=1S/C16H19N3O2S2/c20-16(14-9-23-10-18-14)17-3-12-7-21-15-6-19(5-13(12)15)4-11-1-2-22-8-11/h1-2,8-10,12-13,15H,3-7H2,(H,17,20)/t12-,13+,15+/m0/s1. The van der Waals surface area contributed by atoms with Crippen LogP contribution in [0, 0.1) is 11.8 Å². The van der Waals surface area contributed by atoms with Gasteiger partial charge in [0.15, 0.2) is 0 Å². The van der Waals surface area contributed by atoms with Crippen LogP contribution in [0.1, 0.15) is 16.1 Å². The lowest BCUT2D eigenvalue weighted by Crippen LogP contribution is -2.34. The van der Waals surface area contributed by atoms with E-state index in [1.165, 1.54) is 16.9 Å². The van der Waals surface area contributed by atoms with Crippen molar-refractivity contribution in [3.05, 3.63) is 39.0 Å². The SMILES string of the molecule is O=C(NC[C@H]1CO[C@@H]2CN(Cc3ccsc3)C[C@H]12)c1cscn1. The molecule has 0 radical (unpaired) electrons. The van der Waals surface area contributed by atoms with Crippen molar-refractivity contribution in [2.75, 3.05) is 26.2 Å². The quantitative estimate of drug-likeness (QED) is 0.898. The highest BCUT2D eigenvalue weighted by molar-refractivity contribution is 7.08. The number of nitrogens with zero attached hydrogens (tertiary/aromatic N) is 2. The highest BCUT2D eigenvalue weighted by atomic mass is 32.1. The molecule has 0 spiro atoms. The van der Waals surface area contributed by atoms with Crippen LogP contribution in [0.15, 0.2) is 27.7 Å². The second kappa shape index (κ2) is 6.68. The molecule has 2 saturated heterocycles. The molecule has 1 amide bonds. The predicted octanol–water partition coefficient (Wildman–Crippen LogP) is 2.08. The number of fused-ring (bicyclic) bond motifs is 1. The van der Waals surface area contributed by atoms with Gasteiger partial charge >= 0.3 is 0 Å². The molecule has 2 fully saturated rings. The summed E-state index contributed by atoms with van der Waals surface area (Å²) >= 11 is 3.19. The maximum atomic E-state index is 12.0. The molecule has 23 heavy (non-hydrogen) atoms. The Kier molecular flexibility index (Phi) is 4.43. The minimum absolute atomic E-state index is 0.0807. The summed E-state index contributed by atoms with van der Waals surface area (Å²) in [6.07, 6.45) is 0.315.